The van der Waals surface area contributed by atoms with E-state index < -0.39 is 5.67 Å². The lowest BCUT2D eigenvalue weighted by Gasteiger charge is -2.14. The SMILES string of the molecule is CCC(C)(F)Cc1nc[c]o1. The Kier molecular flexibility index (Phi) is 2.27. The summed E-state index contributed by atoms with van der Waals surface area (Å²) >= 11 is 0. The first kappa shape index (κ1) is 8.24. The maximum Gasteiger partial charge on any atom is 0.198 e. The average Bonchev–Trinajstić information content (AvgIpc) is 2.39. The van der Waals surface area contributed by atoms with Gasteiger partial charge in [-0.3, -0.25) is 0 Å². The van der Waals surface area contributed by atoms with Gasteiger partial charge in [-0.25, -0.2) is 9.37 Å². The molecule has 0 spiro atoms. The lowest BCUT2D eigenvalue weighted by molar-refractivity contribution is 0.170. The summed E-state index contributed by atoms with van der Waals surface area (Å²) in [6.45, 7) is 3.34. The highest BCUT2D eigenvalue weighted by molar-refractivity contribution is 4.87. The molecule has 2 nitrogen and oxygen atoms in total. The second-order valence-electron chi connectivity index (χ2n) is 2.82. The first-order valence-electron chi connectivity index (χ1n) is 3.64. The molecule has 0 aromatic carbocycles. The first-order chi connectivity index (χ1) is 5.14. The van der Waals surface area contributed by atoms with Gasteiger partial charge in [0.2, 0.25) is 0 Å². The number of alkyl halides is 1. The van der Waals surface area contributed by atoms with Crippen molar-refractivity contribution < 1.29 is 8.81 Å². The summed E-state index contributed by atoms with van der Waals surface area (Å²) in [5.74, 6) is 0.414. The molecule has 0 saturated heterocycles. The van der Waals surface area contributed by atoms with Crippen molar-refractivity contribution in [3.8, 4) is 0 Å². The Morgan fingerprint density at radius 2 is 2.55 bits per heavy atom. The Morgan fingerprint density at radius 1 is 1.82 bits per heavy atom. The van der Waals surface area contributed by atoms with Crippen LogP contribution in [0, 0.1) is 6.26 Å². The zero-order valence-corrected chi connectivity index (χ0v) is 6.72. The van der Waals surface area contributed by atoms with Crippen molar-refractivity contribution in [2.24, 2.45) is 0 Å². The summed E-state index contributed by atoms with van der Waals surface area (Å²) in [6.07, 6.45) is 4.52. The molecular weight excluding hydrogens is 145 g/mol. The molecule has 0 aliphatic heterocycles. The second kappa shape index (κ2) is 3.03. The molecular formula is C8H11FNO. The van der Waals surface area contributed by atoms with Crippen LogP contribution in [0.25, 0.3) is 0 Å². The van der Waals surface area contributed by atoms with Gasteiger partial charge in [-0.15, -0.1) is 0 Å². The van der Waals surface area contributed by atoms with Crippen molar-refractivity contribution in [1.82, 2.24) is 4.98 Å². The standard InChI is InChI=1S/C8H11FNO/c1-3-8(2,9)6-7-10-4-5-11-7/h4H,3,6H2,1-2H3. The molecule has 1 aromatic rings. The van der Waals surface area contributed by atoms with Crippen molar-refractivity contribution >= 4 is 0 Å². The van der Waals surface area contributed by atoms with Gasteiger partial charge in [0, 0.05) is 0 Å². The molecule has 1 heterocycles. The predicted molar refractivity (Wildman–Crippen MR) is 38.8 cm³/mol. The number of aromatic nitrogens is 1. The monoisotopic (exact) mass is 156 g/mol. The summed E-state index contributed by atoms with van der Waals surface area (Å²) in [4.78, 5) is 3.79. The molecule has 0 aliphatic rings. The van der Waals surface area contributed by atoms with Crippen LogP contribution in [0.15, 0.2) is 10.6 Å². The third-order valence-corrected chi connectivity index (χ3v) is 1.69. The number of hydrogen-bond acceptors (Lipinski definition) is 2. The number of halogens is 1. The van der Waals surface area contributed by atoms with Crippen LogP contribution in [0.3, 0.4) is 0 Å². The number of nitrogens with zero attached hydrogens (tertiary/aromatic N) is 1. The largest absolute Gasteiger partial charge is 0.437 e. The van der Waals surface area contributed by atoms with Crippen LogP contribution in [0.2, 0.25) is 0 Å². The Morgan fingerprint density at radius 3 is 3.00 bits per heavy atom. The molecule has 61 valence electrons. The summed E-state index contributed by atoms with van der Waals surface area (Å²) < 4.78 is 18.1. The zero-order valence-electron chi connectivity index (χ0n) is 6.72. The van der Waals surface area contributed by atoms with E-state index in [1.54, 1.807) is 6.92 Å². The fourth-order valence-corrected chi connectivity index (χ4v) is 0.741. The number of oxazole rings is 1. The second-order valence-corrected chi connectivity index (χ2v) is 2.82. The van der Waals surface area contributed by atoms with Crippen molar-refractivity contribution in [2.75, 3.05) is 0 Å². The Hall–Kier alpha value is -0.860. The molecule has 0 saturated carbocycles. The molecule has 0 bridgehead atoms. The summed E-state index contributed by atoms with van der Waals surface area (Å²) in [7, 11) is 0. The fourth-order valence-electron chi connectivity index (χ4n) is 0.741. The van der Waals surface area contributed by atoms with Crippen molar-refractivity contribution in [3.63, 3.8) is 0 Å². The minimum absolute atomic E-state index is 0.229. The first-order valence-corrected chi connectivity index (χ1v) is 3.64. The van der Waals surface area contributed by atoms with E-state index in [1.165, 1.54) is 13.1 Å². The van der Waals surface area contributed by atoms with Gasteiger partial charge in [0.05, 0.1) is 12.6 Å². The third kappa shape index (κ3) is 2.33. The fraction of sp³-hybridized carbons (Fsp3) is 0.625. The quantitative estimate of drug-likeness (QED) is 0.670. The highest BCUT2D eigenvalue weighted by Gasteiger charge is 2.23. The Bertz CT molecular complexity index is 206. The number of hydrogen-bond donors (Lipinski definition) is 0. The van der Waals surface area contributed by atoms with Crippen LogP contribution < -0.4 is 0 Å². The normalized spacial score (nSPS) is 16.3. The zero-order chi connectivity index (χ0) is 8.32. The highest BCUT2D eigenvalue weighted by Crippen LogP contribution is 2.19. The average molecular weight is 156 g/mol. The lowest BCUT2D eigenvalue weighted by atomic mass is 10.0. The van der Waals surface area contributed by atoms with Crippen molar-refractivity contribution in [2.45, 2.75) is 32.4 Å². The van der Waals surface area contributed by atoms with Gasteiger partial charge in [0.1, 0.15) is 5.67 Å². The molecule has 3 heteroatoms. The van der Waals surface area contributed by atoms with Gasteiger partial charge in [-0.05, 0) is 13.3 Å². The summed E-state index contributed by atoms with van der Waals surface area (Å²) in [6, 6.07) is 0. The molecule has 1 aromatic heterocycles. The van der Waals surface area contributed by atoms with E-state index in [9.17, 15) is 4.39 Å². The molecule has 1 rings (SSSR count). The van der Waals surface area contributed by atoms with E-state index in [0.29, 0.717) is 12.3 Å². The van der Waals surface area contributed by atoms with Crippen LogP contribution in [0.4, 0.5) is 4.39 Å². The molecule has 0 amide bonds. The van der Waals surface area contributed by atoms with Crippen LogP contribution in [0.1, 0.15) is 26.2 Å². The van der Waals surface area contributed by atoms with Crippen LogP contribution in [-0.2, 0) is 6.42 Å². The van der Waals surface area contributed by atoms with Crippen LogP contribution in [-0.4, -0.2) is 10.7 Å². The highest BCUT2D eigenvalue weighted by atomic mass is 19.1. The smallest absolute Gasteiger partial charge is 0.198 e. The lowest BCUT2D eigenvalue weighted by Crippen LogP contribution is -2.19. The summed E-state index contributed by atoms with van der Waals surface area (Å²) in [5, 5.41) is 0. The Labute approximate surface area is 65.4 Å². The maximum absolute atomic E-state index is 13.3. The van der Waals surface area contributed by atoms with E-state index in [-0.39, 0.29) is 6.42 Å². The van der Waals surface area contributed by atoms with E-state index in [4.69, 9.17) is 4.42 Å². The number of rotatable bonds is 3. The molecule has 1 radical (unpaired) electrons. The van der Waals surface area contributed by atoms with E-state index in [1.807, 2.05) is 0 Å². The van der Waals surface area contributed by atoms with Gasteiger partial charge >= 0.3 is 0 Å². The van der Waals surface area contributed by atoms with Gasteiger partial charge in [-0.1, -0.05) is 6.92 Å². The van der Waals surface area contributed by atoms with Gasteiger partial charge < -0.3 is 4.42 Å². The van der Waals surface area contributed by atoms with Crippen LogP contribution >= 0.6 is 0 Å². The van der Waals surface area contributed by atoms with Gasteiger partial charge in [0.15, 0.2) is 12.2 Å². The van der Waals surface area contributed by atoms with Gasteiger partial charge in [0.25, 0.3) is 0 Å². The minimum Gasteiger partial charge on any atom is -0.437 e. The third-order valence-electron chi connectivity index (χ3n) is 1.69. The summed E-state index contributed by atoms with van der Waals surface area (Å²) in [5.41, 5.74) is -1.21. The molecule has 0 N–H and O–H groups in total. The van der Waals surface area contributed by atoms with Crippen LogP contribution in [0.5, 0.6) is 0 Å². The van der Waals surface area contributed by atoms with Crippen molar-refractivity contribution in [1.29, 1.82) is 0 Å². The van der Waals surface area contributed by atoms with E-state index in [2.05, 4.69) is 11.2 Å². The van der Waals surface area contributed by atoms with E-state index in [0.717, 1.165) is 0 Å². The maximum atomic E-state index is 13.3. The van der Waals surface area contributed by atoms with E-state index >= 15 is 0 Å². The van der Waals surface area contributed by atoms with Crippen molar-refractivity contribution in [3.05, 3.63) is 18.4 Å². The molecule has 11 heavy (non-hydrogen) atoms. The van der Waals surface area contributed by atoms with Gasteiger partial charge in [-0.2, -0.15) is 0 Å². The molecule has 0 aliphatic carbocycles. The molecule has 1 unspecified atom stereocenters. The topological polar surface area (TPSA) is 26.0 Å². The molecule has 1 atom stereocenters. The predicted octanol–water partition coefficient (Wildman–Crippen LogP) is 2.16. The minimum atomic E-state index is -1.21. The Balaban J connectivity index is 2.56. The molecule has 0 fully saturated rings.